The van der Waals surface area contributed by atoms with Gasteiger partial charge in [0.15, 0.2) is 0 Å². The second-order valence-corrected chi connectivity index (χ2v) is 9.82. The molecule has 190 valence electrons. The molecule has 3 N–H and O–H groups in total. The normalized spacial score (nSPS) is 24.6. The molecule has 1 aliphatic heterocycles. The minimum absolute atomic E-state index is 0.0000178. The van der Waals surface area contributed by atoms with Crippen LogP contribution in [0.15, 0.2) is 53.2 Å². The molecule has 0 spiro atoms. The number of carbonyl (C=O) groups excluding carboxylic acids is 1. The highest BCUT2D eigenvalue weighted by Crippen LogP contribution is 2.35. The van der Waals surface area contributed by atoms with E-state index < -0.39 is 29.8 Å². The second-order valence-electron chi connectivity index (χ2n) is 9.82. The fraction of sp³-hybridized carbons (Fsp3) is 0.393. The van der Waals surface area contributed by atoms with E-state index in [9.17, 15) is 18.7 Å². The number of aryl methyl sites for hydroxylation is 1. The molecule has 0 aromatic heterocycles. The standard InChI is InChI=1S/C28H30F3N3O2/c1-15-7-17(11-20(29)8-15)14-33-28(36)21-5-3-19(13-22(21)30)27-24(32)9-16(2)10-25(34-27)18-4-6-26(35)23(31)12-18/h3,5,7-8,10-11,13,16,18,23,26,32,35H,4,6,9,12,14H2,1-2H3,(H,33,36). The molecule has 0 saturated heterocycles. The average Bonchev–Trinajstić information content (AvgIpc) is 2.96. The molecule has 4 rings (SSSR count). The summed E-state index contributed by atoms with van der Waals surface area (Å²) in [5.74, 6) is -1.99. The third-order valence-corrected chi connectivity index (χ3v) is 6.71. The number of carbonyl (C=O) groups is 1. The Hall–Kier alpha value is -3.26. The Morgan fingerprint density at radius 2 is 1.97 bits per heavy atom. The van der Waals surface area contributed by atoms with Gasteiger partial charge in [0.2, 0.25) is 0 Å². The summed E-state index contributed by atoms with van der Waals surface area (Å²) in [4.78, 5) is 17.3. The molecule has 0 bridgehead atoms. The van der Waals surface area contributed by atoms with Crippen molar-refractivity contribution in [3.8, 4) is 0 Å². The first kappa shape index (κ1) is 25.8. The van der Waals surface area contributed by atoms with Crippen LogP contribution in [0.5, 0.6) is 0 Å². The van der Waals surface area contributed by atoms with Gasteiger partial charge in [-0.2, -0.15) is 0 Å². The summed E-state index contributed by atoms with van der Waals surface area (Å²) in [6.45, 7) is 3.74. The number of benzene rings is 2. The highest BCUT2D eigenvalue weighted by atomic mass is 19.1. The van der Waals surface area contributed by atoms with Crippen molar-refractivity contribution in [2.24, 2.45) is 16.8 Å². The zero-order valence-corrected chi connectivity index (χ0v) is 20.3. The molecule has 1 heterocycles. The van der Waals surface area contributed by atoms with Crippen molar-refractivity contribution in [3.05, 3.63) is 82.1 Å². The van der Waals surface area contributed by atoms with Crippen LogP contribution in [0, 0.1) is 35.8 Å². The first-order chi connectivity index (χ1) is 17.1. The van der Waals surface area contributed by atoms with Crippen LogP contribution in [0.2, 0.25) is 0 Å². The number of aliphatic imine (C=N–C) groups is 1. The predicted octanol–water partition coefficient (Wildman–Crippen LogP) is 5.43. The van der Waals surface area contributed by atoms with Crippen molar-refractivity contribution in [2.75, 3.05) is 0 Å². The van der Waals surface area contributed by atoms with Gasteiger partial charge in [-0.1, -0.05) is 25.1 Å². The van der Waals surface area contributed by atoms with Crippen LogP contribution in [0.1, 0.15) is 59.7 Å². The number of hydrogen-bond donors (Lipinski definition) is 3. The molecule has 5 nitrogen and oxygen atoms in total. The van der Waals surface area contributed by atoms with Gasteiger partial charge in [-0.05, 0) is 73.9 Å². The van der Waals surface area contributed by atoms with Gasteiger partial charge in [-0.15, -0.1) is 0 Å². The lowest BCUT2D eigenvalue weighted by atomic mass is 9.83. The summed E-state index contributed by atoms with van der Waals surface area (Å²) in [7, 11) is 0. The fourth-order valence-corrected chi connectivity index (χ4v) is 4.88. The largest absolute Gasteiger partial charge is 0.390 e. The van der Waals surface area contributed by atoms with Crippen molar-refractivity contribution in [3.63, 3.8) is 0 Å². The van der Waals surface area contributed by atoms with Crippen LogP contribution in [0.3, 0.4) is 0 Å². The highest BCUT2D eigenvalue weighted by molar-refractivity contribution is 6.47. The molecular weight excluding hydrogens is 467 g/mol. The number of amides is 1. The zero-order chi connectivity index (χ0) is 26.0. The summed E-state index contributed by atoms with van der Waals surface area (Å²) in [5, 5.41) is 20.9. The van der Waals surface area contributed by atoms with Gasteiger partial charge < -0.3 is 15.8 Å². The Kier molecular flexibility index (Phi) is 7.73. The predicted molar refractivity (Wildman–Crippen MR) is 133 cm³/mol. The summed E-state index contributed by atoms with van der Waals surface area (Å²) in [5.41, 5.74) is 2.67. The van der Waals surface area contributed by atoms with Gasteiger partial charge in [-0.3, -0.25) is 9.79 Å². The molecule has 1 saturated carbocycles. The van der Waals surface area contributed by atoms with Gasteiger partial charge in [0.05, 0.1) is 23.1 Å². The number of allylic oxidation sites excluding steroid dienone is 2. The van der Waals surface area contributed by atoms with Gasteiger partial charge in [0, 0.05) is 23.7 Å². The maximum Gasteiger partial charge on any atom is 0.254 e. The lowest BCUT2D eigenvalue weighted by Gasteiger charge is -2.29. The van der Waals surface area contributed by atoms with E-state index >= 15 is 4.39 Å². The minimum Gasteiger partial charge on any atom is -0.390 e. The van der Waals surface area contributed by atoms with Crippen molar-refractivity contribution < 1.29 is 23.1 Å². The Balaban J connectivity index is 1.54. The van der Waals surface area contributed by atoms with Crippen molar-refractivity contribution >= 4 is 17.3 Å². The van der Waals surface area contributed by atoms with Crippen molar-refractivity contribution in [1.29, 1.82) is 5.41 Å². The van der Waals surface area contributed by atoms with E-state index in [-0.39, 0.29) is 36.1 Å². The number of alkyl halides is 1. The van der Waals surface area contributed by atoms with Crippen LogP contribution < -0.4 is 5.32 Å². The number of rotatable bonds is 5. The lowest BCUT2D eigenvalue weighted by Crippen LogP contribution is -2.31. The van der Waals surface area contributed by atoms with E-state index in [1.807, 2.05) is 13.0 Å². The fourth-order valence-electron chi connectivity index (χ4n) is 4.88. The molecule has 1 aliphatic carbocycles. The quantitative estimate of drug-likeness (QED) is 0.514. The van der Waals surface area contributed by atoms with Crippen LogP contribution in [0.4, 0.5) is 13.2 Å². The minimum atomic E-state index is -1.33. The van der Waals surface area contributed by atoms with Crippen LogP contribution >= 0.6 is 0 Å². The number of halogens is 3. The molecule has 2 aromatic carbocycles. The third-order valence-electron chi connectivity index (χ3n) is 6.71. The molecule has 1 amide bonds. The Labute approximate surface area is 208 Å². The molecule has 8 heteroatoms. The van der Waals surface area contributed by atoms with Crippen molar-refractivity contribution in [2.45, 2.75) is 58.4 Å². The van der Waals surface area contributed by atoms with Crippen LogP contribution in [0.25, 0.3) is 0 Å². The van der Waals surface area contributed by atoms with Gasteiger partial charge in [-0.25, -0.2) is 13.2 Å². The Morgan fingerprint density at radius 1 is 1.19 bits per heavy atom. The first-order valence-electron chi connectivity index (χ1n) is 12.1. The van der Waals surface area contributed by atoms with E-state index in [1.165, 1.54) is 24.3 Å². The molecule has 1 fully saturated rings. The SMILES string of the molecule is Cc1cc(F)cc(CNC(=O)c2ccc(C3=NC(C4CCC(O)C(F)C4)=CC(C)CC3=N)cc2F)c1. The number of nitrogens with zero attached hydrogens (tertiary/aromatic N) is 1. The second kappa shape index (κ2) is 10.8. The number of aliphatic hydroxyl groups is 1. The van der Waals surface area contributed by atoms with Crippen molar-refractivity contribution in [1.82, 2.24) is 5.32 Å². The van der Waals surface area contributed by atoms with Crippen LogP contribution in [-0.2, 0) is 6.54 Å². The smallest absolute Gasteiger partial charge is 0.254 e. The van der Waals surface area contributed by atoms with E-state index in [1.54, 1.807) is 19.1 Å². The first-order valence-corrected chi connectivity index (χ1v) is 12.1. The molecule has 2 aliphatic rings. The topological polar surface area (TPSA) is 85.5 Å². The highest BCUT2D eigenvalue weighted by Gasteiger charge is 2.32. The summed E-state index contributed by atoms with van der Waals surface area (Å²) in [6, 6.07) is 8.51. The Morgan fingerprint density at radius 3 is 2.67 bits per heavy atom. The molecule has 0 radical (unpaired) electrons. The third kappa shape index (κ3) is 5.93. The molecule has 4 atom stereocenters. The molecule has 4 unspecified atom stereocenters. The lowest BCUT2D eigenvalue weighted by molar-refractivity contribution is 0.0303. The average molecular weight is 498 g/mol. The van der Waals surface area contributed by atoms with E-state index in [2.05, 4.69) is 10.3 Å². The van der Waals surface area contributed by atoms with Crippen LogP contribution in [-0.4, -0.2) is 34.7 Å². The number of aliphatic hydroxyl groups excluding tert-OH is 1. The maximum atomic E-state index is 15.0. The number of hydrogen-bond acceptors (Lipinski definition) is 4. The molecule has 36 heavy (non-hydrogen) atoms. The summed E-state index contributed by atoms with van der Waals surface area (Å²) in [6.07, 6.45) is 1.12. The van der Waals surface area contributed by atoms with Gasteiger partial charge in [0.1, 0.15) is 17.8 Å². The summed E-state index contributed by atoms with van der Waals surface area (Å²) < 4.78 is 42.8. The Bertz CT molecular complexity index is 1220. The monoisotopic (exact) mass is 497 g/mol. The summed E-state index contributed by atoms with van der Waals surface area (Å²) >= 11 is 0. The zero-order valence-electron chi connectivity index (χ0n) is 20.3. The number of nitrogens with one attached hydrogen (secondary N) is 2. The van der Waals surface area contributed by atoms with Gasteiger partial charge in [0.25, 0.3) is 5.91 Å². The maximum absolute atomic E-state index is 15.0. The van der Waals surface area contributed by atoms with E-state index in [4.69, 9.17) is 5.41 Å². The molecule has 2 aromatic rings. The van der Waals surface area contributed by atoms with E-state index in [0.717, 1.165) is 5.56 Å². The van der Waals surface area contributed by atoms with E-state index in [0.29, 0.717) is 41.8 Å². The molecular formula is C28H30F3N3O2. The van der Waals surface area contributed by atoms with Gasteiger partial charge >= 0.3 is 0 Å².